The molecule has 0 saturated heterocycles. The summed E-state index contributed by atoms with van der Waals surface area (Å²) in [5.74, 6) is 1.11. The van der Waals surface area contributed by atoms with Crippen molar-refractivity contribution in [1.82, 2.24) is 0 Å². The summed E-state index contributed by atoms with van der Waals surface area (Å²) in [6, 6.07) is 3.63. The molecule has 0 aliphatic carbocycles. The van der Waals surface area contributed by atoms with Crippen molar-refractivity contribution in [3.8, 4) is 11.5 Å². The molecule has 0 aliphatic rings. The van der Waals surface area contributed by atoms with E-state index < -0.39 is 0 Å². The van der Waals surface area contributed by atoms with Crippen molar-refractivity contribution in [2.45, 2.75) is 32.2 Å². The first-order valence-electron chi connectivity index (χ1n) is 6.83. The maximum absolute atomic E-state index is 11.3. The van der Waals surface area contributed by atoms with Gasteiger partial charge in [0.25, 0.3) is 0 Å². The molecule has 118 valence electrons. The molecule has 1 atom stereocenters. The van der Waals surface area contributed by atoms with Gasteiger partial charge < -0.3 is 19.9 Å². The third-order valence-corrected chi connectivity index (χ3v) is 3.80. The molecular weight excluding hydrogens is 338 g/mol. The summed E-state index contributed by atoms with van der Waals surface area (Å²) in [6.45, 7) is 2.19. The second kappa shape index (κ2) is 8.89. The molecule has 1 aromatic rings. The molecule has 0 aliphatic heterocycles. The summed E-state index contributed by atoms with van der Waals surface area (Å²) in [4.78, 5) is 11.3. The number of rotatable bonds is 8. The summed E-state index contributed by atoms with van der Waals surface area (Å²) >= 11 is 3.50. The Kier molecular flexibility index (Phi) is 7.53. The average molecular weight is 360 g/mol. The lowest BCUT2D eigenvalue weighted by Gasteiger charge is -2.15. The summed E-state index contributed by atoms with van der Waals surface area (Å²) in [6.07, 6.45) is 1.56. The van der Waals surface area contributed by atoms with Crippen molar-refractivity contribution in [3.05, 3.63) is 22.2 Å². The third kappa shape index (κ3) is 5.55. The molecule has 21 heavy (non-hydrogen) atoms. The Morgan fingerprint density at radius 1 is 1.29 bits per heavy atom. The number of carbonyl (C=O) groups is 1. The highest BCUT2D eigenvalue weighted by Crippen LogP contribution is 2.33. The predicted molar refractivity (Wildman–Crippen MR) is 84.8 cm³/mol. The van der Waals surface area contributed by atoms with Crippen LogP contribution in [0.2, 0.25) is 0 Å². The van der Waals surface area contributed by atoms with Gasteiger partial charge in [0, 0.05) is 16.9 Å². The zero-order valence-corrected chi connectivity index (χ0v) is 14.2. The first-order valence-corrected chi connectivity index (χ1v) is 7.62. The number of halogens is 1. The molecule has 0 heterocycles. The van der Waals surface area contributed by atoms with Gasteiger partial charge in [-0.25, -0.2) is 0 Å². The van der Waals surface area contributed by atoms with Gasteiger partial charge in [-0.2, -0.15) is 0 Å². The Bertz CT molecular complexity index is 479. The van der Waals surface area contributed by atoms with E-state index in [1.807, 2.05) is 12.1 Å². The molecule has 0 fully saturated rings. The minimum Gasteiger partial charge on any atom is -0.493 e. The monoisotopic (exact) mass is 359 g/mol. The number of nitrogens with two attached hydrogens (primary N) is 1. The van der Waals surface area contributed by atoms with Gasteiger partial charge >= 0.3 is 5.97 Å². The SMILES string of the molecule is CCOC(=O)CCC(N)Cc1cc(OC)c(OC)cc1Br. The van der Waals surface area contributed by atoms with E-state index >= 15 is 0 Å². The molecule has 1 unspecified atom stereocenters. The average Bonchev–Trinajstić information content (AvgIpc) is 2.47. The Labute approximate surface area is 133 Å². The molecule has 0 amide bonds. The van der Waals surface area contributed by atoms with E-state index in [-0.39, 0.29) is 12.0 Å². The van der Waals surface area contributed by atoms with Gasteiger partial charge in [0.2, 0.25) is 0 Å². The van der Waals surface area contributed by atoms with E-state index in [9.17, 15) is 4.79 Å². The van der Waals surface area contributed by atoms with Crippen molar-refractivity contribution >= 4 is 21.9 Å². The fraction of sp³-hybridized carbons (Fsp3) is 0.533. The molecule has 1 rings (SSSR count). The zero-order chi connectivity index (χ0) is 15.8. The Hall–Kier alpha value is -1.27. The van der Waals surface area contributed by atoms with E-state index in [0.717, 1.165) is 10.0 Å². The van der Waals surface area contributed by atoms with Crippen LogP contribution in [0, 0.1) is 0 Å². The molecule has 0 saturated carbocycles. The second-order valence-electron chi connectivity index (χ2n) is 4.61. The van der Waals surface area contributed by atoms with E-state index in [4.69, 9.17) is 19.9 Å². The largest absolute Gasteiger partial charge is 0.493 e. The lowest BCUT2D eigenvalue weighted by molar-refractivity contribution is -0.143. The van der Waals surface area contributed by atoms with Crippen LogP contribution in [0.3, 0.4) is 0 Å². The maximum Gasteiger partial charge on any atom is 0.305 e. The number of methoxy groups -OCH3 is 2. The summed E-state index contributed by atoms with van der Waals surface area (Å²) in [5.41, 5.74) is 7.10. The van der Waals surface area contributed by atoms with Gasteiger partial charge in [0.05, 0.1) is 20.8 Å². The molecule has 6 heteroatoms. The number of esters is 1. The van der Waals surface area contributed by atoms with Crippen LogP contribution in [0.25, 0.3) is 0 Å². The summed E-state index contributed by atoms with van der Waals surface area (Å²) in [5, 5.41) is 0. The minimum absolute atomic E-state index is 0.121. The second-order valence-corrected chi connectivity index (χ2v) is 5.46. The molecule has 0 bridgehead atoms. The molecule has 0 spiro atoms. The number of carbonyl (C=O) groups excluding carboxylic acids is 1. The van der Waals surface area contributed by atoms with Crippen LogP contribution < -0.4 is 15.2 Å². The van der Waals surface area contributed by atoms with E-state index in [1.54, 1.807) is 21.1 Å². The number of hydrogen-bond donors (Lipinski definition) is 1. The van der Waals surface area contributed by atoms with Crippen molar-refractivity contribution in [2.24, 2.45) is 5.73 Å². The smallest absolute Gasteiger partial charge is 0.305 e. The number of ether oxygens (including phenoxy) is 3. The third-order valence-electron chi connectivity index (χ3n) is 3.06. The zero-order valence-electron chi connectivity index (χ0n) is 12.6. The fourth-order valence-corrected chi connectivity index (χ4v) is 2.46. The van der Waals surface area contributed by atoms with Crippen molar-refractivity contribution in [2.75, 3.05) is 20.8 Å². The van der Waals surface area contributed by atoms with Crippen molar-refractivity contribution in [1.29, 1.82) is 0 Å². The van der Waals surface area contributed by atoms with Crippen LogP contribution in [0.15, 0.2) is 16.6 Å². The molecule has 2 N–H and O–H groups in total. The van der Waals surface area contributed by atoms with Gasteiger partial charge in [-0.05, 0) is 37.5 Å². The quantitative estimate of drug-likeness (QED) is 0.722. The lowest BCUT2D eigenvalue weighted by atomic mass is 10.0. The topological polar surface area (TPSA) is 70.8 Å². The minimum atomic E-state index is -0.209. The molecule has 5 nitrogen and oxygen atoms in total. The Morgan fingerprint density at radius 3 is 2.48 bits per heavy atom. The number of benzene rings is 1. The van der Waals surface area contributed by atoms with Crippen LogP contribution in [0.5, 0.6) is 11.5 Å². The van der Waals surface area contributed by atoms with E-state index in [2.05, 4.69) is 15.9 Å². The fourth-order valence-electron chi connectivity index (χ4n) is 1.97. The molecule has 0 radical (unpaired) electrons. The highest BCUT2D eigenvalue weighted by molar-refractivity contribution is 9.10. The summed E-state index contributed by atoms with van der Waals surface area (Å²) in [7, 11) is 3.19. The van der Waals surface area contributed by atoms with Gasteiger partial charge in [-0.3, -0.25) is 4.79 Å². The Balaban J connectivity index is 2.67. The first kappa shape index (κ1) is 17.8. The molecule has 1 aromatic carbocycles. The van der Waals surface area contributed by atoms with Crippen LogP contribution in [-0.4, -0.2) is 32.8 Å². The lowest BCUT2D eigenvalue weighted by Crippen LogP contribution is -2.24. The van der Waals surface area contributed by atoms with Gasteiger partial charge in [0.15, 0.2) is 11.5 Å². The van der Waals surface area contributed by atoms with Crippen LogP contribution in [-0.2, 0) is 16.0 Å². The van der Waals surface area contributed by atoms with Crippen molar-refractivity contribution in [3.63, 3.8) is 0 Å². The summed E-state index contributed by atoms with van der Waals surface area (Å²) < 4.78 is 16.3. The van der Waals surface area contributed by atoms with Crippen LogP contribution in [0.4, 0.5) is 0 Å². The highest BCUT2D eigenvalue weighted by atomic mass is 79.9. The van der Waals surface area contributed by atoms with Crippen LogP contribution >= 0.6 is 15.9 Å². The standard InChI is InChI=1S/C15H22BrNO4/c1-4-21-15(18)6-5-11(17)7-10-8-13(19-2)14(20-3)9-12(10)16/h8-9,11H,4-7,17H2,1-3H3. The predicted octanol–water partition coefficient (Wildman–Crippen LogP) is 2.68. The Morgan fingerprint density at radius 2 is 1.90 bits per heavy atom. The first-order chi connectivity index (χ1) is 10.0. The molecule has 0 aromatic heterocycles. The maximum atomic E-state index is 11.3. The molecular formula is C15H22BrNO4. The number of hydrogen-bond acceptors (Lipinski definition) is 5. The van der Waals surface area contributed by atoms with Gasteiger partial charge in [0.1, 0.15) is 0 Å². The van der Waals surface area contributed by atoms with Crippen LogP contribution in [0.1, 0.15) is 25.3 Å². The highest BCUT2D eigenvalue weighted by Gasteiger charge is 2.14. The van der Waals surface area contributed by atoms with Crippen molar-refractivity contribution < 1.29 is 19.0 Å². The van der Waals surface area contributed by atoms with E-state index in [1.165, 1.54) is 0 Å². The van der Waals surface area contributed by atoms with Gasteiger partial charge in [-0.1, -0.05) is 15.9 Å². The normalized spacial score (nSPS) is 11.9. The van der Waals surface area contributed by atoms with Gasteiger partial charge in [-0.15, -0.1) is 0 Å². The van der Waals surface area contributed by atoms with E-state index in [0.29, 0.717) is 37.4 Å².